The number of aromatic nitrogens is 5. The summed E-state index contributed by atoms with van der Waals surface area (Å²) >= 11 is 0. The lowest BCUT2D eigenvalue weighted by molar-refractivity contribution is 0.0696. The summed E-state index contributed by atoms with van der Waals surface area (Å²) < 4.78 is 4.11. The van der Waals surface area contributed by atoms with E-state index in [0.717, 1.165) is 30.2 Å². The van der Waals surface area contributed by atoms with Crippen molar-refractivity contribution in [3.8, 4) is 0 Å². The monoisotopic (exact) mass is 336 g/mol. The fourth-order valence-corrected chi connectivity index (χ4v) is 3.25. The van der Waals surface area contributed by atoms with Crippen molar-refractivity contribution in [3.05, 3.63) is 65.8 Å². The minimum absolute atomic E-state index is 0.0337. The van der Waals surface area contributed by atoms with Crippen LogP contribution in [0.5, 0.6) is 0 Å². The molecular formula is C18H20N6O. The van der Waals surface area contributed by atoms with E-state index in [1.807, 2.05) is 39.9 Å². The first-order valence-electron chi connectivity index (χ1n) is 8.50. The Hall–Kier alpha value is -2.96. The van der Waals surface area contributed by atoms with Crippen LogP contribution in [0, 0.1) is 0 Å². The van der Waals surface area contributed by atoms with Gasteiger partial charge in [-0.1, -0.05) is 6.92 Å². The second-order valence-corrected chi connectivity index (χ2v) is 6.14. The van der Waals surface area contributed by atoms with E-state index in [2.05, 4.69) is 26.7 Å². The standard InChI is InChI=1S/C18H20N6O/c1-2-16-20-21-17-13-23(10-11-24(16)17)18(25)15-4-3-9-22(15)12-14-5-7-19-8-6-14/h3-9H,2,10-13H2,1H3. The number of carbonyl (C=O) groups is 1. The maximum atomic E-state index is 13.0. The number of amides is 1. The summed E-state index contributed by atoms with van der Waals surface area (Å²) in [6.45, 7) is 4.66. The van der Waals surface area contributed by atoms with Gasteiger partial charge in [-0.15, -0.1) is 10.2 Å². The molecule has 1 aliphatic heterocycles. The van der Waals surface area contributed by atoms with Gasteiger partial charge >= 0.3 is 0 Å². The van der Waals surface area contributed by atoms with Gasteiger partial charge in [0.25, 0.3) is 5.91 Å². The lowest BCUT2D eigenvalue weighted by atomic mass is 10.2. The third-order valence-electron chi connectivity index (χ3n) is 4.58. The number of fused-ring (bicyclic) bond motifs is 1. The molecule has 7 nitrogen and oxygen atoms in total. The number of hydrogen-bond donors (Lipinski definition) is 0. The first kappa shape index (κ1) is 15.6. The summed E-state index contributed by atoms with van der Waals surface area (Å²) in [6.07, 6.45) is 6.33. The minimum atomic E-state index is 0.0337. The first-order valence-corrected chi connectivity index (χ1v) is 8.50. The molecule has 0 atom stereocenters. The van der Waals surface area contributed by atoms with Gasteiger partial charge in [-0.05, 0) is 29.8 Å². The van der Waals surface area contributed by atoms with Crippen LogP contribution in [0.1, 0.15) is 34.6 Å². The van der Waals surface area contributed by atoms with Gasteiger partial charge in [-0.3, -0.25) is 9.78 Å². The molecule has 0 fully saturated rings. The van der Waals surface area contributed by atoms with Gasteiger partial charge < -0.3 is 14.0 Å². The average Bonchev–Trinajstić information content (AvgIpc) is 3.28. The maximum Gasteiger partial charge on any atom is 0.270 e. The Morgan fingerprint density at radius 2 is 2.00 bits per heavy atom. The fraction of sp³-hybridized carbons (Fsp3) is 0.333. The maximum absolute atomic E-state index is 13.0. The molecule has 0 bridgehead atoms. The van der Waals surface area contributed by atoms with E-state index in [4.69, 9.17) is 0 Å². The van der Waals surface area contributed by atoms with E-state index in [9.17, 15) is 4.79 Å². The second-order valence-electron chi connectivity index (χ2n) is 6.14. The van der Waals surface area contributed by atoms with Gasteiger partial charge in [0.05, 0.1) is 6.54 Å². The van der Waals surface area contributed by atoms with Crippen LogP contribution < -0.4 is 0 Å². The predicted molar refractivity (Wildman–Crippen MR) is 91.9 cm³/mol. The Bertz CT molecular complexity index is 882. The highest BCUT2D eigenvalue weighted by Crippen LogP contribution is 2.17. The molecule has 0 aromatic carbocycles. The third kappa shape index (κ3) is 2.93. The summed E-state index contributed by atoms with van der Waals surface area (Å²) in [5, 5.41) is 8.45. The summed E-state index contributed by atoms with van der Waals surface area (Å²) in [4.78, 5) is 18.9. The van der Waals surface area contributed by atoms with E-state index >= 15 is 0 Å². The van der Waals surface area contributed by atoms with E-state index in [0.29, 0.717) is 25.3 Å². The van der Waals surface area contributed by atoms with Crippen LogP contribution >= 0.6 is 0 Å². The summed E-state index contributed by atoms with van der Waals surface area (Å²) in [7, 11) is 0. The Balaban J connectivity index is 1.53. The molecular weight excluding hydrogens is 316 g/mol. The van der Waals surface area contributed by atoms with Crippen molar-refractivity contribution in [2.45, 2.75) is 33.0 Å². The van der Waals surface area contributed by atoms with Crippen molar-refractivity contribution < 1.29 is 4.79 Å². The smallest absolute Gasteiger partial charge is 0.270 e. The molecule has 0 saturated heterocycles. The molecule has 3 aromatic rings. The number of pyridine rings is 1. The highest BCUT2D eigenvalue weighted by atomic mass is 16.2. The molecule has 4 rings (SSSR count). The van der Waals surface area contributed by atoms with Crippen LogP contribution in [-0.2, 0) is 26.1 Å². The number of nitrogens with zero attached hydrogens (tertiary/aromatic N) is 6. The number of rotatable bonds is 4. The first-order chi connectivity index (χ1) is 12.3. The number of hydrogen-bond acceptors (Lipinski definition) is 4. The summed E-state index contributed by atoms with van der Waals surface area (Å²) in [5.74, 6) is 1.89. The lowest BCUT2D eigenvalue weighted by Crippen LogP contribution is -2.39. The van der Waals surface area contributed by atoms with Crippen molar-refractivity contribution in [3.63, 3.8) is 0 Å². The minimum Gasteiger partial charge on any atom is -0.339 e. The van der Waals surface area contributed by atoms with Gasteiger partial charge in [0, 0.05) is 44.6 Å². The second kappa shape index (κ2) is 6.51. The lowest BCUT2D eigenvalue weighted by Gasteiger charge is -2.28. The van der Waals surface area contributed by atoms with Crippen molar-refractivity contribution in [2.24, 2.45) is 0 Å². The molecule has 0 saturated carbocycles. The van der Waals surface area contributed by atoms with Crippen LogP contribution in [-0.4, -0.2) is 41.7 Å². The van der Waals surface area contributed by atoms with Crippen LogP contribution in [0.4, 0.5) is 0 Å². The third-order valence-corrected chi connectivity index (χ3v) is 4.58. The zero-order valence-electron chi connectivity index (χ0n) is 14.2. The van der Waals surface area contributed by atoms with Gasteiger partial charge in [0.1, 0.15) is 11.5 Å². The normalized spacial score (nSPS) is 13.7. The van der Waals surface area contributed by atoms with E-state index < -0.39 is 0 Å². The molecule has 1 aliphatic rings. The quantitative estimate of drug-likeness (QED) is 0.728. The number of carbonyl (C=O) groups excluding carboxylic acids is 1. The van der Waals surface area contributed by atoms with Gasteiger partial charge in [-0.2, -0.15) is 0 Å². The fourth-order valence-electron chi connectivity index (χ4n) is 3.25. The molecule has 0 radical (unpaired) electrons. The molecule has 25 heavy (non-hydrogen) atoms. The number of aryl methyl sites for hydroxylation is 1. The van der Waals surface area contributed by atoms with E-state index in [1.165, 1.54) is 0 Å². The van der Waals surface area contributed by atoms with Crippen molar-refractivity contribution in [1.82, 2.24) is 29.2 Å². The van der Waals surface area contributed by atoms with Gasteiger partial charge in [0.2, 0.25) is 0 Å². The van der Waals surface area contributed by atoms with Crippen molar-refractivity contribution >= 4 is 5.91 Å². The Morgan fingerprint density at radius 1 is 1.16 bits per heavy atom. The van der Waals surface area contributed by atoms with Crippen LogP contribution in [0.3, 0.4) is 0 Å². The average molecular weight is 336 g/mol. The Kier molecular flexibility index (Phi) is 4.05. The van der Waals surface area contributed by atoms with E-state index in [1.54, 1.807) is 12.4 Å². The van der Waals surface area contributed by atoms with Gasteiger partial charge in [-0.25, -0.2) is 0 Å². The Labute approximate surface area is 145 Å². The SMILES string of the molecule is CCc1nnc2n1CCN(C(=O)c1cccn1Cc1ccncc1)C2. The largest absolute Gasteiger partial charge is 0.339 e. The topological polar surface area (TPSA) is 68.8 Å². The molecule has 7 heteroatoms. The molecule has 1 amide bonds. The molecule has 4 heterocycles. The van der Waals surface area contributed by atoms with Crippen molar-refractivity contribution in [1.29, 1.82) is 0 Å². The zero-order valence-corrected chi connectivity index (χ0v) is 14.2. The zero-order chi connectivity index (χ0) is 17.2. The molecule has 3 aromatic heterocycles. The summed E-state index contributed by atoms with van der Waals surface area (Å²) in [5.41, 5.74) is 1.81. The van der Waals surface area contributed by atoms with E-state index in [-0.39, 0.29) is 5.91 Å². The van der Waals surface area contributed by atoms with Gasteiger partial charge in [0.15, 0.2) is 5.82 Å². The predicted octanol–water partition coefficient (Wildman–Crippen LogP) is 1.74. The molecule has 128 valence electrons. The van der Waals surface area contributed by atoms with Crippen LogP contribution in [0.25, 0.3) is 0 Å². The highest BCUT2D eigenvalue weighted by molar-refractivity contribution is 5.92. The van der Waals surface area contributed by atoms with Crippen LogP contribution in [0.2, 0.25) is 0 Å². The molecule has 0 spiro atoms. The Morgan fingerprint density at radius 3 is 2.80 bits per heavy atom. The molecule has 0 N–H and O–H groups in total. The highest BCUT2D eigenvalue weighted by Gasteiger charge is 2.26. The summed E-state index contributed by atoms with van der Waals surface area (Å²) in [6, 6.07) is 7.71. The van der Waals surface area contributed by atoms with Crippen LogP contribution in [0.15, 0.2) is 42.9 Å². The molecule has 0 aliphatic carbocycles. The van der Waals surface area contributed by atoms with Crippen molar-refractivity contribution in [2.75, 3.05) is 6.54 Å². The molecule has 0 unspecified atom stereocenters.